The molecule has 0 N–H and O–H groups in total. The topological polar surface area (TPSA) is 25.8 Å². The zero-order valence-electron chi connectivity index (χ0n) is 35.7. The molecule has 2 heteroatoms. The fourth-order valence-corrected chi connectivity index (χ4v) is 13.7. The Labute approximate surface area is 374 Å². The molecular weight excluding hydrogens is 773 g/mol. The molecule has 0 unspecified atom stereocenters. The van der Waals surface area contributed by atoms with Crippen molar-refractivity contribution in [1.82, 2.24) is 9.97 Å². The van der Waals surface area contributed by atoms with Crippen molar-refractivity contribution in [3.63, 3.8) is 0 Å². The largest absolute Gasteiger partial charge is 0.228 e. The Morgan fingerprint density at radius 3 is 1.45 bits per heavy atom. The van der Waals surface area contributed by atoms with E-state index in [0.29, 0.717) is 11.8 Å². The quantitative estimate of drug-likeness (QED) is 0.162. The third-order valence-electron chi connectivity index (χ3n) is 16.0. The van der Waals surface area contributed by atoms with Crippen LogP contribution in [0.2, 0.25) is 0 Å². The first-order valence-corrected chi connectivity index (χ1v) is 23.4. The van der Waals surface area contributed by atoms with Gasteiger partial charge in [-0.25, -0.2) is 9.97 Å². The summed E-state index contributed by atoms with van der Waals surface area (Å²) in [4.78, 5) is 10.2. The lowest BCUT2D eigenvalue weighted by Gasteiger charge is -2.61. The number of rotatable bonds is 5. The van der Waals surface area contributed by atoms with Crippen LogP contribution in [0.3, 0.4) is 0 Å². The Bertz CT molecular complexity index is 3350. The Morgan fingerprint density at radius 2 is 0.844 bits per heavy atom. The first kappa shape index (κ1) is 36.3. The second kappa shape index (κ2) is 13.9. The van der Waals surface area contributed by atoms with Crippen molar-refractivity contribution in [3.05, 3.63) is 205 Å². The minimum absolute atomic E-state index is 0.0822. The van der Waals surface area contributed by atoms with E-state index in [0.717, 1.165) is 45.7 Å². The molecule has 4 saturated carbocycles. The van der Waals surface area contributed by atoms with Gasteiger partial charge >= 0.3 is 0 Å². The van der Waals surface area contributed by atoms with E-state index in [4.69, 9.17) is 9.97 Å². The molecule has 15 rings (SSSR count). The van der Waals surface area contributed by atoms with Gasteiger partial charge < -0.3 is 0 Å². The number of hydrogen-bond donors (Lipinski definition) is 0. The number of hydrogen-bond acceptors (Lipinski definition) is 2. The van der Waals surface area contributed by atoms with Gasteiger partial charge in [-0.2, -0.15) is 0 Å². The van der Waals surface area contributed by atoms with E-state index in [1.165, 1.54) is 97.8 Å². The van der Waals surface area contributed by atoms with E-state index in [1.807, 2.05) is 24.3 Å². The molecule has 0 aliphatic heterocycles. The van der Waals surface area contributed by atoms with Gasteiger partial charge in [0, 0.05) is 22.1 Å². The Kier molecular flexibility index (Phi) is 7.90. The molecule has 0 radical (unpaired) electrons. The summed E-state index contributed by atoms with van der Waals surface area (Å²) in [5, 5.41) is 7.88. The average Bonchev–Trinajstić information content (AvgIpc) is 3.64. The summed E-state index contributed by atoms with van der Waals surface area (Å²) in [6.45, 7) is 0. The van der Waals surface area contributed by atoms with Crippen LogP contribution in [0.25, 0.3) is 99.6 Å². The second-order valence-electron chi connectivity index (χ2n) is 19.3. The zero-order chi connectivity index (χ0) is 41.9. The number of aromatic nitrogens is 2. The lowest BCUT2D eigenvalue weighted by Crippen LogP contribution is -2.55. The molecule has 10 aromatic rings. The molecule has 5 aliphatic carbocycles. The van der Waals surface area contributed by atoms with Crippen molar-refractivity contribution in [2.45, 2.75) is 37.5 Å². The monoisotopic (exact) mass is 818 g/mol. The van der Waals surface area contributed by atoms with E-state index in [2.05, 4.69) is 170 Å². The van der Waals surface area contributed by atoms with Crippen LogP contribution < -0.4 is 0 Å². The van der Waals surface area contributed by atoms with Gasteiger partial charge in [0.05, 0.1) is 11.4 Å². The summed E-state index contributed by atoms with van der Waals surface area (Å²) >= 11 is 0. The highest BCUT2D eigenvalue weighted by molar-refractivity contribution is 6.23. The van der Waals surface area contributed by atoms with Crippen molar-refractivity contribution >= 4 is 32.3 Å². The molecule has 1 spiro atoms. The molecule has 4 fully saturated rings. The Morgan fingerprint density at radius 1 is 0.344 bits per heavy atom. The maximum Gasteiger partial charge on any atom is 0.160 e. The first-order chi connectivity index (χ1) is 31.7. The van der Waals surface area contributed by atoms with E-state index in [1.54, 1.807) is 11.1 Å². The lowest BCUT2D eigenvalue weighted by molar-refractivity contribution is -0.0398. The summed E-state index contributed by atoms with van der Waals surface area (Å²) in [5.74, 6) is 3.94. The second-order valence-corrected chi connectivity index (χ2v) is 19.3. The SMILES string of the molecule is c1ccc(-c2cc(-c3ccc(-c4c5ccccc5c(-c5cccc6c5-c5cc7ccccc7cc5C65C6CC7CC(C6)CC5C7)c5ccccc45)cc3)nc(-c3ccccc3)n2)cc1. The van der Waals surface area contributed by atoms with E-state index >= 15 is 0 Å². The average molecular weight is 819 g/mol. The molecule has 0 atom stereocenters. The molecule has 64 heavy (non-hydrogen) atoms. The summed E-state index contributed by atoms with van der Waals surface area (Å²) in [7, 11) is 0. The predicted molar refractivity (Wildman–Crippen MR) is 265 cm³/mol. The van der Waals surface area contributed by atoms with Crippen molar-refractivity contribution in [3.8, 4) is 67.3 Å². The van der Waals surface area contributed by atoms with Crippen molar-refractivity contribution in [2.24, 2.45) is 23.7 Å². The van der Waals surface area contributed by atoms with Crippen molar-refractivity contribution in [2.75, 3.05) is 0 Å². The third kappa shape index (κ3) is 5.26. The van der Waals surface area contributed by atoms with Gasteiger partial charge in [0.2, 0.25) is 0 Å². The molecule has 5 aliphatic rings. The molecule has 4 bridgehead atoms. The van der Waals surface area contributed by atoms with Crippen LogP contribution in [0.5, 0.6) is 0 Å². The fraction of sp³-hybridized carbons (Fsp3) is 0.161. The zero-order valence-corrected chi connectivity index (χ0v) is 35.7. The molecular formula is C62H46N2. The summed E-state index contributed by atoms with van der Waals surface area (Å²) in [5.41, 5.74) is 16.4. The molecule has 9 aromatic carbocycles. The summed E-state index contributed by atoms with van der Waals surface area (Å²) < 4.78 is 0. The number of fused-ring (bicyclic) bond motifs is 6. The minimum Gasteiger partial charge on any atom is -0.228 e. The van der Waals surface area contributed by atoms with Gasteiger partial charge in [-0.3, -0.25) is 0 Å². The number of benzene rings is 9. The van der Waals surface area contributed by atoms with Crippen LogP contribution in [0.1, 0.15) is 43.2 Å². The van der Waals surface area contributed by atoms with E-state index < -0.39 is 0 Å². The van der Waals surface area contributed by atoms with Crippen LogP contribution in [0.15, 0.2) is 194 Å². The van der Waals surface area contributed by atoms with Gasteiger partial charge in [-0.1, -0.05) is 176 Å². The van der Waals surface area contributed by atoms with Crippen molar-refractivity contribution in [1.29, 1.82) is 0 Å². The van der Waals surface area contributed by atoms with Gasteiger partial charge in [-0.05, 0) is 151 Å². The number of nitrogens with zero attached hydrogens (tertiary/aromatic N) is 2. The fourth-order valence-electron chi connectivity index (χ4n) is 13.7. The van der Waals surface area contributed by atoms with Crippen LogP contribution >= 0.6 is 0 Å². The highest BCUT2D eigenvalue weighted by Gasteiger charge is 2.62. The van der Waals surface area contributed by atoms with Gasteiger partial charge in [0.15, 0.2) is 5.82 Å². The van der Waals surface area contributed by atoms with Gasteiger partial charge in [0.25, 0.3) is 0 Å². The third-order valence-corrected chi connectivity index (χ3v) is 16.0. The van der Waals surface area contributed by atoms with Crippen molar-refractivity contribution < 1.29 is 0 Å². The molecule has 0 amide bonds. The van der Waals surface area contributed by atoms with E-state index in [-0.39, 0.29) is 5.41 Å². The Hall–Kier alpha value is -7.16. The first-order valence-electron chi connectivity index (χ1n) is 23.4. The molecule has 1 heterocycles. The van der Waals surface area contributed by atoms with Crippen LogP contribution in [-0.4, -0.2) is 9.97 Å². The van der Waals surface area contributed by atoms with Crippen LogP contribution in [-0.2, 0) is 5.41 Å². The van der Waals surface area contributed by atoms with E-state index in [9.17, 15) is 0 Å². The predicted octanol–water partition coefficient (Wildman–Crippen LogP) is 16.0. The summed E-state index contributed by atoms with van der Waals surface area (Å²) in [6.07, 6.45) is 6.96. The molecule has 2 nitrogen and oxygen atoms in total. The summed E-state index contributed by atoms with van der Waals surface area (Å²) in [6, 6.07) is 72.0. The van der Waals surface area contributed by atoms with Crippen LogP contribution in [0, 0.1) is 23.7 Å². The lowest BCUT2D eigenvalue weighted by atomic mass is 9.43. The maximum atomic E-state index is 5.15. The Balaban J connectivity index is 0.961. The minimum atomic E-state index is 0.0822. The van der Waals surface area contributed by atoms with Crippen LogP contribution in [0.4, 0.5) is 0 Å². The standard InChI is InChI=1S/C62H46N2/c1-3-14-40(15-4-1)56-37-57(64-61(63-56)43-16-5-2-6-17-43)41-26-28-42(29-27-41)58-48-20-9-11-22-50(48)59(51-23-12-10-21-49(51)58)52-24-13-25-54-60(52)53-35-44-18-7-8-19-45(44)36-55(53)62(54)46-31-38-30-39(33-46)34-47(62)32-38/h1-29,35-39,46-47H,30-34H2. The smallest absolute Gasteiger partial charge is 0.160 e. The molecule has 1 aromatic heterocycles. The van der Waals surface area contributed by atoms with Gasteiger partial charge in [-0.15, -0.1) is 0 Å². The highest BCUT2D eigenvalue weighted by Crippen LogP contribution is 2.70. The molecule has 304 valence electrons. The normalized spacial score (nSPS) is 21.5. The molecule has 0 saturated heterocycles. The highest BCUT2D eigenvalue weighted by atomic mass is 14.9. The van der Waals surface area contributed by atoms with Gasteiger partial charge in [0.1, 0.15) is 0 Å². The maximum absolute atomic E-state index is 5.15.